The zero-order valence-corrected chi connectivity index (χ0v) is 13.9. The molecule has 0 bridgehead atoms. The smallest absolute Gasteiger partial charge is 0.407 e. The van der Waals surface area contributed by atoms with E-state index in [1.807, 2.05) is 0 Å². The third-order valence-corrected chi connectivity index (χ3v) is 3.76. The average Bonchev–Trinajstić information content (AvgIpc) is 2.47. The molecule has 126 valence electrons. The Balaban J connectivity index is 2.04. The number of likely N-dealkylation sites (tertiary alicyclic amines) is 1. The maximum absolute atomic E-state index is 11.5. The van der Waals surface area contributed by atoms with E-state index >= 15 is 0 Å². The lowest BCUT2D eigenvalue weighted by atomic mass is 9.82. The van der Waals surface area contributed by atoms with E-state index in [-0.39, 0.29) is 23.5 Å². The Morgan fingerprint density at radius 2 is 2.13 bits per heavy atom. The molecule has 7 nitrogen and oxygen atoms in total. The summed E-state index contributed by atoms with van der Waals surface area (Å²) in [7, 11) is 1.54. The Labute approximate surface area is 135 Å². The van der Waals surface area contributed by atoms with E-state index < -0.39 is 6.09 Å². The first-order chi connectivity index (χ1) is 10.7. The number of carboxylic acid groups (broad SMARTS) is 1. The van der Waals surface area contributed by atoms with Gasteiger partial charge in [-0.1, -0.05) is 20.8 Å². The maximum Gasteiger partial charge on any atom is 0.407 e. The van der Waals surface area contributed by atoms with Crippen molar-refractivity contribution in [1.29, 1.82) is 0 Å². The number of amides is 2. The van der Waals surface area contributed by atoms with Crippen LogP contribution >= 0.6 is 0 Å². The molecule has 2 heterocycles. The molecule has 1 aromatic heterocycles. The molecule has 0 aliphatic carbocycles. The third kappa shape index (κ3) is 4.12. The van der Waals surface area contributed by atoms with Crippen LogP contribution < -0.4 is 10.1 Å². The molecule has 0 unspecified atom stereocenters. The second-order valence-electron chi connectivity index (χ2n) is 6.88. The second-order valence-corrected chi connectivity index (χ2v) is 6.88. The van der Waals surface area contributed by atoms with E-state index in [0.717, 1.165) is 0 Å². The van der Waals surface area contributed by atoms with Crippen molar-refractivity contribution in [3.63, 3.8) is 0 Å². The molecule has 0 aromatic carbocycles. The van der Waals surface area contributed by atoms with Crippen LogP contribution in [0.5, 0.6) is 5.75 Å². The van der Waals surface area contributed by atoms with Crippen LogP contribution in [0.4, 0.5) is 4.79 Å². The maximum atomic E-state index is 11.5. The number of carbonyl (C=O) groups excluding carboxylic acids is 1. The summed E-state index contributed by atoms with van der Waals surface area (Å²) in [4.78, 5) is 28.1. The minimum absolute atomic E-state index is 0.00170. The second kappa shape index (κ2) is 6.44. The minimum atomic E-state index is -0.924. The van der Waals surface area contributed by atoms with Gasteiger partial charge in [-0.05, 0) is 24.0 Å². The third-order valence-electron chi connectivity index (χ3n) is 3.76. The lowest BCUT2D eigenvalue weighted by molar-refractivity contribution is -0.0467. The number of aromatic nitrogens is 1. The van der Waals surface area contributed by atoms with Gasteiger partial charge in [-0.3, -0.25) is 9.69 Å². The molecular formula is C16H23N3O4. The van der Waals surface area contributed by atoms with Crippen LogP contribution in [0.1, 0.15) is 37.7 Å². The number of hydrogen-bond donors (Lipinski definition) is 2. The van der Waals surface area contributed by atoms with Crippen molar-refractivity contribution in [2.75, 3.05) is 13.6 Å². The average molecular weight is 321 g/mol. The summed E-state index contributed by atoms with van der Waals surface area (Å²) in [6.07, 6.45) is 1.08. The molecule has 1 saturated heterocycles. The van der Waals surface area contributed by atoms with E-state index in [2.05, 4.69) is 31.1 Å². The van der Waals surface area contributed by atoms with E-state index in [1.165, 1.54) is 11.1 Å². The monoisotopic (exact) mass is 321 g/mol. The first-order valence-electron chi connectivity index (χ1n) is 7.55. The van der Waals surface area contributed by atoms with E-state index in [0.29, 0.717) is 24.4 Å². The number of nitrogens with one attached hydrogen (secondary N) is 1. The SMILES string of the molecule is CNC(=O)c1ccc(O[C@H]2CN(C(=O)O)[C@H]2CC(C)(C)C)cn1. The van der Waals surface area contributed by atoms with Crippen molar-refractivity contribution in [2.45, 2.75) is 39.3 Å². The number of pyridine rings is 1. The molecule has 7 heteroatoms. The van der Waals surface area contributed by atoms with Gasteiger partial charge in [-0.15, -0.1) is 0 Å². The largest absolute Gasteiger partial charge is 0.485 e. The van der Waals surface area contributed by atoms with Crippen LogP contribution in [0.2, 0.25) is 0 Å². The summed E-state index contributed by atoms with van der Waals surface area (Å²) in [5.41, 5.74) is 0.314. The van der Waals surface area contributed by atoms with Crippen LogP contribution in [0.3, 0.4) is 0 Å². The number of carbonyl (C=O) groups is 2. The van der Waals surface area contributed by atoms with Crippen LogP contribution in [-0.2, 0) is 0 Å². The Morgan fingerprint density at radius 1 is 1.43 bits per heavy atom. The van der Waals surface area contributed by atoms with Gasteiger partial charge in [-0.2, -0.15) is 0 Å². The van der Waals surface area contributed by atoms with Crippen molar-refractivity contribution in [2.24, 2.45) is 5.41 Å². The summed E-state index contributed by atoms with van der Waals surface area (Å²) in [5, 5.41) is 11.7. The predicted octanol–water partition coefficient (Wildman–Crippen LogP) is 1.99. The number of rotatable bonds is 4. The molecule has 2 amide bonds. The zero-order valence-electron chi connectivity index (χ0n) is 13.9. The number of nitrogens with zero attached hydrogens (tertiary/aromatic N) is 2. The summed E-state index contributed by atoms with van der Waals surface area (Å²) >= 11 is 0. The summed E-state index contributed by atoms with van der Waals surface area (Å²) in [6, 6.07) is 3.08. The van der Waals surface area contributed by atoms with Crippen LogP contribution in [0, 0.1) is 5.41 Å². The van der Waals surface area contributed by atoms with Crippen molar-refractivity contribution in [1.82, 2.24) is 15.2 Å². The van der Waals surface area contributed by atoms with Crippen LogP contribution in [-0.4, -0.2) is 52.7 Å². The highest BCUT2D eigenvalue weighted by atomic mass is 16.5. The predicted molar refractivity (Wildman–Crippen MR) is 84.6 cm³/mol. The molecule has 0 saturated carbocycles. The number of ether oxygens (including phenoxy) is 1. The van der Waals surface area contributed by atoms with Gasteiger partial charge in [0.2, 0.25) is 0 Å². The Hall–Kier alpha value is -2.31. The molecule has 0 spiro atoms. The molecule has 23 heavy (non-hydrogen) atoms. The van der Waals surface area contributed by atoms with Crippen LogP contribution in [0.25, 0.3) is 0 Å². The van der Waals surface area contributed by atoms with Gasteiger partial charge in [-0.25, -0.2) is 9.78 Å². The van der Waals surface area contributed by atoms with Gasteiger partial charge in [0.05, 0.1) is 18.8 Å². The van der Waals surface area contributed by atoms with E-state index in [4.69, 9.17) is 4.74 Å². The first kappa shape index (κ1) is 17.1. The molecule has 1 aliphatic heterocycles. The highest BCUT2D eigenvalue weighted by Crippen LogP contribution is 2.33. The van der Waals surface area contributed by atoms with Gasteiger partial charge >= 0.3 is 6.09 Å². The van der Waals surface area contributed by atoms with Crippen LogP contribution in [0.15, 0.2) is 18.3 Å². The fourth-order valence-corrected chi connectivity index (χ4v) is 2.61. The van der Waals surface area contributed by atoms with Gasteiger partial charge in [0.25, 0.3) is 5.91 Å². The summed E-state index contributed by atoms with van der Waals surface area (Å²) in [5.74, 6) is 0.273. The van der Waals surface area contributed by atoms with E-state index in [1.54, 1.807) is 19.2 Å². The summed E-state index contributed by atoms with van der Waals surface area (Å²) in [6.45, 7) is 6.56. The molecule has 2 atom stereocenters. The van der Waals surface area contributed by atoms with Crippen molar-refractivity contribution in [3.8, 4) is 5.75 Å². The topological polar surface area (TPSA) is 91.8 Å². The molecular weight excluding hydrogens is 298 g/mol. The molecule has 2 rings (SSSR count). The standard InChI is InChI=1S/C16H23N3O4/c1-16(2,3)7-12-13(9-19(12)15(21)22)23-10-5-6-11(18-8-10)14(20)17-4/h5-6,8,12-13H,7,9H2,1-4H3,(H,17,20)(H,21,22)/t12-,13-/m0/s1. The molecule has 1 fully saturated rings. The first-order valence-corrected chi connectivity index (χ1v) is 7.55. The Morgan fingerprint density at radius 3 is 2.61 bits per heavy atom. The van der Waals surface area contributed by atoms with E-state index in [9.17, 15) is 14.7 Å². The number of hydrogen-bond acceptors (Lipinski definition) is 4. The summed E-state index contributed by atoms with van der Waals surface area (Å²) < 4.78 is 5.86. The van der Waals surface area contributed by atoms with Gasteiger partial charge < -0.3 is 15.2 Å². The van der Waals surface area contributed by atoms with Gasteiger partial charge in [0, 0.05) is 7.05 Å². The lowest BCUT2D eigenvalue weighted by Crippen LogP contribution is -2.64. The van der Waals surface area contributed by atoms with Gasteiger partial charge in [0.1, 0.15) is 17.5 Å². The zero-order chi connectivity index (χ0) is 17.2. The highest BCUT2D eigenvalue weighted by Gasteiger charge is 2.45. The Kier molecular flexibility index (Phi) is 4.77. The highest BCUT2D eigenvalue weighted by molar-refractivity contribution is 5.91. The Bertz CT molecular complexity index is 580. The molecule has 1 aromatic rings. The van der Waals surface area contributed by atoms with Crippen molar-refractivity contribution in [3.05, 3.63) is 24.0 Å². The fourth-order valence-electron chi connectivity index (χ4n) is 2.61. The quantitative estimate of drug-likeness (QED) is 0.885. The lowest BCUT2D eigenvalue weighted by Gasteiger charge is -2.48. The molecule has 0 radical (unpaired) electrons. The fraction of sp³-hybridized carbons (Fsp3) is 0.562. The molecule has 1 aliphatic rings. The molecule has 2 N–H and O–H groups in total. The van der Waals surface area contributed by atoms with Crippen molar-refractivity contribution < 1.29 is 19.4 Å². The van der Waals surface area contributed by atoms with Gasteiger partial charge in [0.15, 0.2) is 0 Å². The van der Waals surface area contributed by atoms with Crippen molar-refractivity contribution >= 4 is 12.0 Å². The normalized spacial score (nSPS) is 20.6. The minimum Gasteiger partial charge on any atom is -0.485 e.